The van der Waals surface area contributed by atoms with Crippen molar-refractivity contribution in [1.82, 2.24) is 15.0 Å². The van der Waals surface area contributed by atoms with Crippen LogP contribution in [0, 0.1) is 0 Å². The van der Waals surface area contributed by atoms with Gasteiger partial charge in [0.2, 0.25) is 0 Å². The summed E-state index contributed by atoms with van der Waals surface area (Å²) in [5.41, 5.74) is 0.885. The zero-order valence-electron chi connectivity index (χ0n) is 9.12. The van der Waals surface area contributed by atoms with E-state index in [9.17, 15) is 0 Å². The van der Waals surface area contributed by atoms with E-state index in [4.69, 9.17) is 0 Å². The molecule has 2 heterocycles. The lowest BCUT2D eigenvalue weighted by Crippen LogP contribution is -2.15. The minimum absolute atomic E-state index is 0.447. The van der Waals surface area contributed by atoms with Crippen LogP contribution in [0.5, 0.6) is 0 Å². The summed E-state index contributed by atoms with van der Waals surface area (Å²) >= 11 is 0. The van der Waals surface area contributed by atoms with E-state index in [1.807, 2.05) is 12.3 Å². The van der Waals surface area contributed by atoms with E-state index in [1.165, 1.54) is 6.42 Å². The lowest BCUT2D eigenvalue weighted by atomic mass is 10.2. The Kier molecular flexibility index (Phi) is 2.85. The molecule has 0 saturated heterocycles. The van der Waals surface area contributed by atoms with Gasteiger partial charge in [0.05, 0.1) is 5.39 Å². The van der Waals surface area contributed by atoms with Crippen LogP contribution in [-0.2, 0) is 0 Å². The maximum Gasteiger partial charge on any atom is 0.142 e. The molecule has 2 N–H and O–H groups in total. The number of fused-ring (bicyclic) bond motifs is 1. The Labute approximate surface area is 89.1 Å². The van der Waals surface area contributed by atoms with Crippen molar-refractivity contribution in [2.45, 2.75) is 32.7 Å². The van der Waals surface area contributed by atoms with Gasteiger partial charge < -0.3 is 10.3 Å². The summed E-state index contributed by atoms with van der Waals surface area (Å²) in [4.78, 5) is 11.5. The molecule has 0 amide bonds. The summed E-state index contributed by atoms with van der Waals surface area (Å²) in [7, 11) is 0. The number of hydrogen-bond donors (Lipinski definition) is 2. The standard InChI is InChI=1S/C11H16N4/c1-3-4-8(2)15-11-9-5-6-12-10(9)13-7-14-11/h5-8H,3-4H2,1-2H3,(H2,12,13,14,15). The minimum Gasteiger partial charge on any atom is -0.367 e. The first-order chi connectivity index (χ1) is 7.31. The van der Waals surface area contributed by atoms with E-state index >= 15 is 0 Å². The number of nitrogens with zero attached hydrogens (tertiary/aromatic N) is 2. The third-order valence-electron chi connectivity index (χ3n) is 2.46. The van der Waals surface area contributed by atoms with Crippen molar-refractivity contribution in [3.05, 3.63) is 18.6 Å². The molecular weight excluding hydrogens is 188 g/mol. The first-order valence-corrected chi connectivity index (χ1v) is 5.36. The van der Waals surface area contributed by atoms with Crippen LogP contribution in [0.3, 0.4) is 0 Å². The Bertz CT molecular complexity index is 435. The third kappa shape index (κ3) is 2.09. The van der Waals surface area contributed by atoms with Crippen LogP contribution < -0.4 is 5.32 Å². The number of aromatic nitrogens is 3. The normalized spacial score (nSPS) is 12.9. The number of H-pyrrole nitrogens is 1. The molecular formula is C11H16N4. The molecule has 80 valence electrons. The van der Waals surface area contributed by atoms with E-state index in [0.29, 0.717) is 6.04 Å². The largest absolute Gasteiger partial charge is 0.367 e. The summed E-state index contributed by atoms with van der Waals surface area (Å²) in [5.74, 6) is 0.919. The Hall–Kier alpha value is -1.58. The second kappa shape index (κ2) is 4.29. The molecule has 2 rings (SSSR count). The summed E-state index contributed by atoms with van der Waals surface area (Å²) in [6, 6.07) is 2.44. The molecule has 0 aliphatic rings. The van der Waals surface area contributed by atoms with Gasteiger partial charge >= 0.3 is 0 Å². The number of anilines is 1. The van der Waals surface area contributed by atoms with Crippen molar-refractivity contribution >= 4 is 16.9 Å². The molecule has 0 radical (unpaired) electrons. The maximum absolute atomic E-state index is 4.26. The quantitative estimate of drug-likeness (QED) is 0.804. The van der Waals surface area contributed by atoms with Crippen LogP contribution in [0.25, 0.3) is 11.0 Å². The molecule has 0 saturated carbocycles. The van der Waals surface area contributed by atoms with Gasteiger partial charge in [0, 0.05) is 12.2 Å². The second-order valence-electron chi connectivity index (χ2n) is 3.80. The molecule has 0 aromatic carbocycles. The average Bonchev–Trinajstić information content (AvgIpc) is 2.67. The first kappa shape index (κ1) is 9.96. The molecule has 4 heteroatoms. The number of rotatable bonds is 4. The Morgan fingerprint density at radius 1 is 1.47 bits per heavy atom. The summed E-state index contributed by atoms with van der Waals surface area (Å²) in [6.07, 6.45) is 5.79. The predicted molar refractivity (Wildman–Crippen MR) is 61.9 cm³/mol. The van der Waals surface area contributed by atoms with Crippen LogP contribution in [0.15, 0.2) is 18.6 Å². The van der Waals surface area contributed by atoms with Crippen molar-refractivity contribution in [2.75, 3.05) is 5.32 Å². The van der Waals surface area contributed by atoms with Gasteiger partial charge in [0.1, 0.15) is 17.8 Å². The van der Waals surface area contributed by atoms with Crippen LogP contribution in [0.2, 0.25) is 0 Å². The van der Waals surface area contributed by atoms with E-state index < -0.39 is 0 Å². The molecule has 2 aromatic heterocycles. The van der Waals surface area contributed by atoms with Crippen molar-refractivity contribution < 1.29 is 0 Å². The zero-order valence-corrected chi connectivity index (χ0v) is 9.12. The Morgan fingerprint density at radius 3 is 3.13 bits per heavy atom. The van der Waals surface area contributed by atoms with Crippen LogP contribution in [0.1, 0.15) is 26.7 Å². The van der Waals surface area contributed by atoms with Gasteiger partial charge in [-0.15, -0.1) is 0 Å². The first-order valence-electron chi connectivity index (χ1n) is 5.36. The van der Waals surface area contributed by atoms with E-state index in [-0.39, 0.29) is 0 Å². The molecule has 1 unspecified atom stereocenters. The van der Waals surface area contributed by atoms with Crippen molar-refractivity contribution in [3.8, 4) is 0 Å². The summed E-state index contributed by atoms with van der Waals surface area (Å²) in [5, 5.41) is 4.46. The molecule has 0 spiro atoms. The average molecular weight is 204 g/mol. The SMILES string of the molecule is CCCC(C)Nc1ncnc2[nH]ccc12. The topological polar surface area (TPSA) is 53.6 Å². The molecule has 15 heavy (non-hydrogen) atoms. The highest BCUT2D eigenvalue weighted by Gasteiger charge is 2.06. The Balaban J connectivity index is 2.23. The number of aromatic amines is 1. The van der Waals surface area contributed by atoms with E-state index in [0.717, 1.165) is 23.3 Å². The maximum atomic E-state index is 4.26. The molecule has 0 aliphatic carbocycles. The molecule has 0 aliphatic heterocycles. The summed E-state index contributed by atoms with van der Waals surface area (Å²) < 4.78 is 0. The van der Waals surface area contributed by atoms with Crippen LogP contribution >= 0.6 is 0 Å². The highest BCUT2D eigenvalue weighted by molar-refractivity contribution is 5.86. The Morgan fingerprint density at radius 2 is 2.33 bits per heavy atom. The van der Waals surface area contributed by atoms with Crippen molar-refractivity contribution in [2.24, 2.45) is 0 Å². The smallest absolute Gasteiger partial charge is 0.142 e. The monoisotopic (exact) mass is 204 g/mol. The molecule has 4 nitrogen and oxygen atoms in total. The fourth-order valence-corrected chi connectivity index (χ4v) is 1.73. The highest BCUT2D eigenvalue weighted by atomic mass is 15.0. The lowest BCUT2D eigenvalue weighted by molar-refractivity contribution is 0.688. The fourth-order valence-electron chi connectivity index (χ4n) is 1.73. The van der Waals surface area contributed by atoms with Crippen LogP contribution in [0.4, 0.5) is 5.82 Å². The fraction of sp³-hybridized carbons (Fsp3) is 0.455. The molecule has 0 fully saturated rings. The number of hydrogen-bond acceptors (Lipinski definition) is 3. The van der Waals surface area contributed by atoms with Gasteiger partial charge in [0.15, 0.2) is 0 Å². The molecule has 2 aromatic rings. The van der Waals surface area contributed by atoms with Crippen molar-refractivity contribution in [3.63, 3.8) is 0 Å². The van der Waals surface area contributed by atoms with Gasteiger partial charge in [0.25, 0.3) is 0 Å². The van der Waals surface area contributed by atoms with Gasteiger partial charge in [-0.3, -0.25) is 0 Å². The van der Waals surface area contributed by atoms with E-state index in [2.05, 4.69) is 34.1 Å². The van der Waals surface area contributed by atoms with Crippen LogP contribution in [-0.4, -0.2) is 21.0 Å². The van der Waals surface area contributed by atoms with Gasteiger partial charge in [-0.2, -0.15) is 0 Å². The second-order valence-corrected chi connectivity index (χ2v) is 3.80. The molecule has 0 bridgehead atoms. The number of nitrogens with one attached hydrogen (secondary N) is 2. The lowest BCUT2D eigenvalue weighted by Gasteiger charge is -2.13. The van der Waals surface area contributed by atoms with Gasteiger partial charge in [-0.25, -0.2) is 9.97 Å². The van der Waals surface area contributed by atoms with Crippen molar-refractivity contribution in [1.29, 1.82) is 0 Å². The zero-order chi connectivity index (χ0) is 10.7. The predicted octanol–water partition coefficient (Wildman–Crippen LogP) is 2.56. The van der Waals surface area contributed by atoms with E-state index in [1.54, 1.807) is 6.33 Å². The van der Waals surface area contributed by atoms with Gasteiger partial charge in [-0.05, 0) is 19.4 Å². The highest BCUT2D eigenvalue weighted by Crippen LogP contribution is 2.18. The third-order valence-corrected chi connectivity index (χ3v) is 2.46. The minimum atomic E-state index is 0.447. The molecule has 1 atom stereocenters. The summed E-state index contributed by atoms with van der Waals surface area (Å²) in [6.45, 7) is 4.36. The van der Waals surface area contributed by atoms with Gasteiger partial charge in [-0.1, -0.05) is 13.3 Å².